The summed E-state index contributed by atoms with van der Waals surface area (Å²) in [5.74, 6) is 0.281. The van der Waals surface area contributed by atoms with Crippen LogP contribution in [0.2, 0.25) is 5.15 Å². The van der Waals surface area contributed by atoms with E-state index in [1.807, 2.05) is 12.1 Å². The molecule has 0 unspecified atom stereocenters. The van der Waals surface area contributed by atoms with E-state index in [1.54, 1.807) is 25.3 Å². The molecule has 1 aromatic carbocycles. The fourth-order valence-corrected chi connectivity index (χ4v) is 2.23. The minimum absolute atomic E-state index is 0.171. The summed E-state index contributed by atoms with van der Waals surface area (Å²) in [6.45, 7) is 0.171. The van der Waals surface area contributed by atoms with E-state index in [9.17, 15) is 4.79 Å². The third kappa shape index (κ3) is 3.71. The predicted octanol–water partition coefficient (Wildman–Crippen LogP) is 3.86. The number of carbonyl (C=O) groups is 1. The number of hydrogen-bond donors (Lipinski definition) is 0. The molecule has 0 fully saturated rings. The standard InChI is InChI=1S/C14H11BrClNO3/c1-19-12-4-2-9(6-11(12)15)8-20-14(18)10-3-5-13(16)17-7-10/h2-7H,8H2,1H3. The highest BCUT2D eigenvalue weighted by Gasteiger charge is 2.09. The molecule has 0 radical (unpaired) electrons. The van der Waals surface area contributed by atoms with Crippen molar-refractivity contribution < 1.29 is 14.3 Å². The van der Waals surface area contributed by atoms with Crippen molar-refractivity contribution in [3.05, 3.63) is 57.3 Å². The van der Waals surface area contributed by atoms with Crippen LogP contribution in [0, 0.1) is 0 Å². The number of ether oxygens (including phenoxy) is 2. The lowest BCUT2D eigenvalue weighted by molar-refractivity contribution is 0.0472. The Bertz CT molecular complexity index is 616. The summed E-state index contributed by atoms with van der Waals surface area (Å²) in [6, 6.07) is 8.59. The first-order chi connectivity index (χ1) is 9.60. The zero-order valence-corrected chi connectivity index (χ0v) is 12.9. The fraction of sp³-hybridized carbons (Fsp3) is 0.143. The summed E-state index contributed by atoms with van der Waals surface area (Å²) >= 11 is 9.03. The quantitative estimate of drug-likeness (QED) is 0.616. The molecule has 0 aliphatic heterocycles. The highest BCUT2D eigenvalue weighted by molar-refractivity contribution is 9.10. The molecule has 6 heteroatoms. The van der Waals surface area contributed by atoms with Crippen molar-refractivity contribution in [2.24, 2.45) is 0 Å². The Kier molecular flexibility index (Phi) is 4.98. The van der Waals surface area contributed by atoms with E-state index in [4.69, 9.17) is 21.1 Å². The predicted molar refractivity (Wildman–Crippen MR) is 79.1 cm³/mol. The summed E-state index contributed by atoms with van der Waals surface area (Å²) in [5, 5.41) is 0.334. The lowest BCUT2D eigenvalue weighted by Gasteiger charge is -2.07. The van der Waals surface area contributed by atoms with Crippen LogP contribution in [0.15, 0.2) is 41.0 Å². The Labute approximate surface area is 129 Å². The van der Waals surface area contributed by atoms with Crippen molar-refractivity contribution in [1.82, 2.24) is 4.98 Å². The van der Waals surface area contributed by atoms with E-state index in [-0.39, 0.29) is 6.61 Å². The van der Waals surface area contributed by atoms with Gasteiger partial charge in [-0.05, 0) is 45.8 Å². The van der Waals surface area contributed by atoms with E-state index in [0.717, 1.165) is 15.8 Å². The van der Waals surface area contributed by atoms with Crippen LogP contribution in [-0.4, -0.2) is 18.1 Å². The number of methoxy groups -OCH3 is 1. The molecule has 0 bridgehead atoms. The maximum absolute atomic E-state index is 11.8. The largest absolute Gasteiger partial charge is 0.496 e. The van der Waals surface area contributed by atoms with Crippen LogP contribution in [0.1, 0.15) is 15.9 Å². The molecule has 104 valence electrons. The first-order valence-electron chi connectivity index (χ1n) is 5.71. The Morgan fingerprint density at radius 1 is 1.35 bits per heavy atom. The van der Waals surface area contributed by atoms with Crippen LogP contribution in [0.25, 0.3) is 0 Å². The van der Waals surface area contributed by atoms with Gasteiger partial charge in [0.15, 0.2) is 0 Å². The van der Waals surface area contributed by atoms with Gasteiger partial charge in [-0.25, -0.2) is 9.78 Å². The van der Waals surface area contributed by atoms with Crippen LogP contribution in [0.4, 0.5) is 0 Å². The number of pyridine rings is 1. The van der Waals surface area contributed by atoms with Gasteiger partial charge >= 0.3 is 5.97 Å². The monoisotopic (exact) mass is 355 g/mol. The van der Waals surface area contributed by atoms with Crippen molar-refractivity contribution >= 4 is 33.5 Å². The molecule has 2 aromatic rings. The minimum atomic E-state index is -0.443. The lowest BCUT2D eigenvalue weighted by Crippen LogP contribution is -2.05. The Hall–Kier alpha value is -1.59. The number of halogens is 2. The van der Waals surface area contributed by atoms with Crippen LogP contribution in [0.3, 0.4) is 0 Å². The van der Waals surface area contributed by atoms with E-state index in [2.05, 4.69) is 20.9 Å². The van der Waals surface area contributed by atoms with E-state index in [0.29, 0.717) is 10.7 Å². The summed E-state index contributed by atoms with van der Waals surface area (Å²) in [6.07, 6.45) is 1.38. The van der Waals surface area contributed by atoms with Gasteiger partial charge in [0.2, 0.25) is 0 Å². The second-order valence-electron chi connectivity index (χ2n) is 3.91. The molecule has 4 nitrogen and oxygen atoms in total. The molecular weight excluding hydrogens is 346 g/mol. The lowest BCUT2D eigenvalue weighted by atomic mass is 10.2. The average Bonchev–Trinajstić information content (AvgIpc) is 2.45. The Morgan fingerprint density at radius 2 is 2.15 bits per heavy atom. The van der Waals surface area contributed by atoms with E-state index in [1.165, 1.54) is 6.20 Å². The van der Waals surface area contributed by atoms with Gasteiger partial charge < -0.3 is 9.47 Å². The smallest absolute Gasteiger partial charge is 0.340 e. The second kappa shape index (κ2) is 6.72. The molecule has 1 aromatic heterocycles. The van der Waals surface area contributed by atoms with Gasteiger partial charge in [0.05, 0.1) is 17.1 Å². The van der Waals surface area contributed by atoms with Crippen molar-refractivity contribution in [2.45, 2.75) is 6.61 Å². The Balaban J connectivity index is 1.99. The second-order valence-corrected chi connectivity index (χ2v) is 5.16. The zero-order chi connectivity index (χ0) is 14.5. The summed E-state index contributed by atoms with van der Waals surface area (Å²) < 4.78 is 11.1. The van der Waals surface area contributed by atoms with Crippen LogP contribution in [0.5, 0.6) is 5.75 Å². The summed E-state index contributed by atoms with van der Waals surface area (Å²) in [7, 11) is 1.59. The van der Waals surface area contributed by atoms with Gasteiger partial charge in [-0.2, -0.15) is 0 Å². The number of hydrogen-bond acceptors (Lipinski definition) is 4. The number of aromatic nitrogens is 1. The van der Waals surface area contributed by atoms with E-state index < -0.39 is 5.97 Å². The molecule has 0 aliphatic carbocycles. The van der Waals surface area contributed by atoms with Gasteiger partial charge in [0.25, 0.3) is 0 Å². The highest BCUT2D eigenvalue weighted by atomic mass is 79.9. The molecule has 0 amide bonds. The van der Waals surface area contributed by atoms with Crippen LogP contribution in [-0.2, 0) is 11.3 Å². The van der Waals surface area contributed by atoms with Crippen molar-refractivity contribution in [3.8, 4) is 5.75 Å². The van der Waals surface area contributed by atoms with Crippen molar-refractivity contribution in [3.63, 3.8) is 0 Å². The third-order valence-corrected chi connectivity index (χ3v) is 3.39. The molecule has 0 saturated carbocycles. The van der Waals surface area contributed by atoms with Gasteiger partial charge in [-0.15, -0.1) is 0 Å². The normalized spacial score (nSPS) is 10.2. The molecule has 2 rings (SSSR count). The molecule has 20 heavy (non-hydrogen) atoms. The average molecular weight is 357 g/mol. The fourth-order valence-electron chi connectivity index (χ4n) is 1.53. The molecule has 0 atom stereocenters. The first-order valence-corrected chi connectivity index (χ1v) is 6.88. The van der Waals surface area contributed by atoms with Gasteiger partial charge in [-0.1, -0.05) is 17.7 Å². The summed E-state index contributed by atoms with van der Waals surface area (Å²) in [4.78, 5) is 15.6. The first kappa shape index (κ1) is 14.8. The highest BCUT2D eigenvalue weighted by Crippen LogP contribution is 2.25. The molecule has 1 heterocycles. The van der Waals surface area contributed by atoms with Gasteiger partial charge in [-0.3, -0.25) is 0 Å². The van der Waals surface area contributed by atoms with Crippen molar-refractivity contribution in [2.75, 3.05) is 7.11 Å². The minimum Gasteiger partial charge on any atom is -0.496 e. The van der Waals surface area contributed by atoms with Crippen LogP contribution < -0.4 is 4.74 Å². The zero-order valence-electron chi connectivity index (χ0n) is 10.6. The summed E-state index contributed by atoms with van der Waals surface area (Å²) in [5.41, 5.74) is 1.22. The number of rotatable bonds is 4. The maximum atomic E-state index is 11.8. The number of carbonyl (C=O) groups excluding carboxylic acids is 1. The molecule has 0 saturated heterocycles. The van der Waals surface area contributed by atoms with Crippen molar-refractivity contribution in [1.29, 1.82) is 0 Å². The topological polar surface area (TPSA) is 48.4 Å². The molecule has 0 spiro atoms. The molecular formula is C14H11BrClNO3. The molecule has 0 N–H and O–H groups in total. The number of esters is 1. The third-order valence-electron chi connectivity index (χ3n) is 2.55. The Morgan fingerprint density at radius 3 is 2.75 bits per heavy atom. The maximum Gasteiger partial charge on any atom is 0.340 e. The van der Waals surface area contributed by atoms with Crippen LogP contribution >= 0.6 is 27.5 Å². The van der Waals surface area contributed by atoms with Gasteiger partial charge in [0, 0.05) is 6.20 Å². The number of nitrogens with zero attached hydrogens (tertiary/aromatic N) is 1. The van der Waals surface area contributed by atoms with E-state index >= 15 is 0 Å². The van der Waals surface area contributed by atoms with Gasteiger partial charge in [0.1, 0.15) is 17.5 Å². The number of benzene rings is 1. The SMILES string of the molecule is COc1ccc(COC(=O)c2ccc(Cl)nc2)cc1Br. The molecule has 0 aliphatic rings.